The van der Waals surface area contributed by atoms with Gasteiger partial charge in [-0.2, -0.15) is 0 Å². The van der Waals surface area contributed by atoms with E-state index in [1.165, 1.54) is 71.2 Å². The van der Waals surface area contributed by atoms with Crippen molar-refractivity contribution in [1.29, 1.82) is 0 Å². The molecule has 3 fully saturated rings. The third-order valence-electron chi connectivity index (χ3n) is 15.6. The second-order valence-corrected chi connectivity index (χ2v) is 26.8. The number of alkyl halides is 6. The quantitative estimate of drug-likeness (QED) is 0.0351. The Balaban J connectivity index is 1.36. The number of fused-ring (bicyclic) bond motifs is 5. The lowest BCUT2D eigenvalue weighted by Gasteiger charge is -2.67. The Kier molecular flexibility index (Phi) is 20.8. The average molecular weight is 1290 g/mol. The summed E-state index contributed by atoms with van der Waals surface area (Å²) in [6.07, 6.45) is -18.1. The number of hydrogen-bond acceptors (Lipinski definition) is 20. The van der Waals surface area contributed by atoms with Crippen molar-refractivity contribution >= 4 is 112 Å². The molecule has 3 N–H and O–H groups in total. The van der Waals surface area contributed by atoms with Gasteiger partial charge < -0.3 is 67.6 Å². The number of rotatable bonds is 18. The zero-order valence-electron chi connectivity index (χ0n) is 46.6. The summed E-state index contributed by atoms with van der Waals surface area (Å²) in [6.45, 7) is 7.75. The van der Waals surface area contributed by atoms with Crippen molar-refractivity contribution < 1.29 is 95.9 Å². The fourth-order valence-electron chi connectivity index (χ4n) is 11.4. The van der Waals surface area contributed by atoms with Gasteiger partial charge in [-0.1, -0.05) is 158 Å². The molecule has 84 heavy (non-hydrogen) atoms. The first-order chi connectivity index (χ1) is 39.3. The molecule has 1 heterocycles. The highest BCUT2D eigenvalue weighted by atomic mass is 35.6. The first-order valence-electron chi connectivity index (χ1n) is 26.3. The van der Waals surface area contributed by atoms with Crippen molar-refractivity contribution in [3.63, 3.8) is 0 Å². The second-order valence-electron chi connectivity index (χ2n) is 21.7. The van der Waals surface area contributed by atoms with Gasteiger partial charge in [-0.05, 0) is 60.4 Å². The number of aliphatic hydroxyl groups excluding tert-OH is 1. The van der Waals surface area contributed by atoms with Gasteiger partial charge in [0.25, 0.3) is 0 Å². The third kappa shape index (κ3) is 14.4. The zero-order valence-corrected chi connectivity index (χ0v) is 51.1. The minimum absolute atomic E-state index is 0.0260. The van der Waals surface area contributed by atoms with Crippen LogP contribution in [-0.4, -0.2) is 141 Å². The number of aliphatic hydroxyl groups is 2. The van der Waals surface area contributed by atoms with Crippen LogP contribution in [0.15, 0.2) is 96.1 Å². The Morgan fingerprint density at radius 2 is 1.39 bits per heavy atom. The highest BCUT2D eigenvalue weighted by molar-refractivity contribution is 6.68. The molecule has 27 heteroatoms. The molecule has 2 bridgehead atoms. The molecule has 3 aliphatic carbocycles. The predicted molar refractivity (Wildman–Crippen MR) is 301 cm³/mol. The maximum Gasteiger partial charge on any atom is 0.509 e. The van der Waals surface area contributed by atoms with Crippen LogP contribution in [0.5, 0.6) is 5.75 Å². The standard InChI is InChI=1S/C57H63Cl6NO20/c1-29(2)48(75-25-32-19-21-35(74-8)22-20-32)83-49(70)64-40(33-15-11-9-12-16-33)41(66)47(69)79-36-24-55(73)45(82-46(68)34-17-13-10-14-18-34)43-53(7,44(67)42(39(30(36)3)52(55,5)6)81-51(72)78-28-57(61,62)63)37(80-50(71)77-27-56(58,59)60)23-38-54(43,26-76-38)84-31(4)65/h9-22,29,36-38,40-43,45,48,66,73H,23-28H2,1-8H3,(H,64,70)/t36-,37-,38+,40-,41+,42+,43-,45-,48?,53+,54-,55+/m0/s1. The fourth-order valence-corrected chi connectivity index (χ4v) is 11.8. The number of carbonyl (C=O) groups is 7. The van der Waals surface area contributed by atoms with Gasteiger partial charge in [-0.3, -0.25) is 9.59 Å². The van der Waals surface area contributed by atoms with Gasteiger partial charge in [0.1, 0.15) is 49.0 Å². The summed E-state index contributed by atoms with van der Waals surface area (Å²) < 4.78 is 59.7. The molecule has 3 aromatic rings. The van der Waals surface area contributed by atoms with Gasteiger partial charge in [0, 0.05) is 31.1 Å². The summed E-state index contributed by atoms with van der Waals surface area (Å²) in [7, 11) is 1.53. The molecular formula is C57H63Cl6NO20. The van der Waals surface area contributed by atoms with E-state index in [2.05, 4.69) is 5.32 Å². The first kappa shape index (κ1) is 66.2. The van der Waals surface area contributed by atoms with Crippen LogP contribution in [0.1, 0.15) is 88.8 Å². The van der Waals surface area contributed by atoms with Crippen molar-refractivity contribution in [3.8, 4) is 5.75 Å². The molecule has 3 aromatic carbocycles. The van der Waals surface area contributed by atoms with E-state index in [9.17, 15) is 39.0 Å². The smallest absolute Gasteiger partial charge is 0.497 e. The number of nitrogens with one attached hydrogen (secondary N) is 1. The van der Waals surface area contributed by atoms with Gasteiger partial charge in [-0.15, -0.1) is 0 Å². The number of hydrogen-bond donors (Lipinski definition) is 3. The number of methoxy groups -OCH3 is 1. The Morgan fingerprint density at radius 3 is 1.93 bits per heavy atom. The molecule has 4 aliphatic rings. The monoisotopic (exact) mass is 1290 g/mol. The van der Waals surface area contributed by atoms with E-state index in [1.54, 1.807) is 62.4 Å². The van der Waals surface area contributed by atoms with E-state index >= 15 is 4.79 Å². The number of benzene rings is 3. The molecule has 0 aromatic heterocycles. The molecule has 0 radical (unpaired) electrons. The Hall–Kier alpha value is -5.33. The molecule has 0 spiro atoms. The molecule has 7 rings (SSSR count). The van der Waals surface area contributed by atoms with Crippen LogP contribution in [0.4, 0.5) is 14.4 Å². The maximum absolute atomic E-state index is 16.4. The number of esters is 3. The molecule has 458 valence electrons. The van der Waals surface area contributed by atoms with Crippen molar-refractivity contribution in [3.05, 3.63) is 113 Å². The molecule has 1 amide bonds. The van der Waals surface area contributed by atoms with Crippen LogP contribution in [0.25, 0.3) is 0 Å². The number of Topliss-reactive ketones (excluding diaryl/α,β-unsaturated/α-hetero) is 1. The molecule has 1 unspecified atom stereocenters. The minimum Gasteiger partial charge on any atom is -0.497 e. The van der Waals surface area contributed by atoms with Gasteiger partial charge in [0.15, 0.2) is 23.6 Å². The summed E-state index contributed by atoms with van der Waals surface area (Å²) in [4.78, 5) is 101. The summed E-state index contributed by atoms with van der Waals surface area (Å²) in [5.41, 5.74) is -8.66. The van der Waals surface area contributed by atoms with E-state index < -0.39 is 165 Å². The lowest BCUT2D eigenvalue weighted by molar-refractivity contribution is -0.346. The number of halogens is 6. The van der Waals surface area contributed by atoms with E-state index in [0.29, 0.717) is 5.75 Å². The average Bonchev–Trinajstić information content (AvgIpc) is 0.727. The van der Waals surface area contributed by atoms with Gasteiger partial charge >= 0.3 is 36.3 Å². The molecule has 21 nitrogen and oxygen atoms in total. The molecule has 1 aliphatic heterocycles. The number of ketones is 1. The SMILES string of the molecule is COc1ccc(COC(OC(=O)N[C@@H](c2ccccc2)[C@@H](O)C(=O)O[C@H]2C[C@@]3(O)[C@@H](OC(=O)c4ccccc4)[C@@H]4[C@]5(OC(C)=O)CO[C@@H]5C[C@H](OC(=O)OCC(Cl)(Cl)Cl)[C@@]4(C)C(=O)[C@H](OC(=O)OCC(Cl)(Cl)Cl)C(=C2C)C3(C)C)C(C)C)cc1. The molecule has 1 saturated heterocycles. The lowest BCUT2D eigenvalue weighted by Crippen LogP contribution is -2.82. The number of carbonyl (C=O) groups excluding carboxylic acids is 7. The summed E-state index contributed by atoms with van der Waals surface area (Å²) in [5, 5.41) is 28.9. The Bertz CT molecular complexity index is 2940. The fraction of sp³-hybridized carbons (Fsp3) is 0.526. The van der Waals surface area contributed by atoms with Gasteiger partial charge in [0.05, 0.1) is 43.3 Å². The maximum atomic E-state index is 16.4. The van der Waals surface area contributed by atoms with Crippen LogP contribution in [0.3, 0.4) is 0 Å². The summed E-state index contributed by atoms with van der Waals surface area (Å²) >= 11 is 35.6. The normalized spacial score (nSPS) is 27.3. The van der Waals surface area contributed by atoms with Crippen LogP contribution < -0.4 is 10.1 Å². The number of alkyl carbamates (subject to hydrolysis) is 1. The van der Waals surface area contributed by atoms with E-state index in [4.69, 9.17) is 122 Å². The largest absolute Gasteiger partial charge is 0.509 e. The first-order valence-corrected chi connectivity index (χ1v) is 28.5. The van der Waals surface area contributed by atoms with Gasteiger partial charge in [0.2, 0.25) is 13.9 Å². The van der Waals surface area contributed by atoms with Crippen LogP contribution in [0, 0.1) is 22.7 Å². The predicted octanol–water partition coefficient (Wildman–Crippen LogP) is 9.73. The zero-order chi connectivity index (χ0) is 61.9. The van der Waals surface area contributed by atoms with Crippen LogP contribution in [0.2, 0.25) is 0 Å². The molecule has 12 atom stereocenters. The van der Waals surface area contributed by atoms with Crippen molar-refractivity contribution in [2.75, 3.05) is 26.9 Å². The highest BCUT2D eigenvalue weighted by Gasteiger charge is 2.79. The number of ether oxygens (including phenoxy) is 11. The van der Waals surface area contributed by atoms with Gasteiger partial charge in [-0.25, -0.2) is 24.0 Å². The second kappa shape index (κ2) is 26.3. The van der Waals surface area contributed by atoms with Crippen LogP contribution in [-0.2, 0) is 68.4 Å². The van der Waals surface area contributed by atoms with Crippen molar-refractivity contribution in [2.24, 2.45) is 22.7 Å². The lowest BCUT2D eigenvalue weighted by atomic mass is 9.44. The molecular weight excluding hydrogens is 1230 g/mol. The van der Waals surface area contributed by atoms with E-state index in [-0.39, 0.29) is 28.9 Å². The Morgan fingerprint density at radius 1 is 0.810 bits per heavy atom. The molecule has 2 saturated carbocycles. The summed E-state index contributed by atoms with van der Waals surface area (Å²) in [6, 6.07) is 20.7. The highest BCUT2D eigenvalue weighted by Crippen LogP contribution is 2.65. The minimum atomic E-state index is -2.69. The van der Waals surface area contributed by atoms with Crippen LogP contribution >= 0.6 is 69.6 Å². The topological polar surface area (TPSA) is 274 Å². The third-order valence-corrected chi connectivity index (χ3v) is 16.3. The summed E-state index contributed by atoms with van der Waals surface area (Å²) in [5.74, 6) is -6.26. The number of amides is 1. The van der Waals surface area contributed by atoms with E-state index in [1.807, 2.05) is 0 Å². The van der Waals surface area contributed by atoms with Crippen molar-refractivity contribution in [1.82, 2.24) is 5.32 Å². The Labute approximate surface area is 513 Å². The van der Waals surface area contributed by atoms with Crippen molar-refractivity contribution in [2.45, 2.75) is 136 Å². The van der Waals surface area contributed by atoms with E-state index in [0.717, 1.165) is 12.5 Å².